The smallest absolute Gasteiger partial charge is 0.303 e. The highest BCUT2D eigenvalue weighted by Gasteiger charge is 2.38. The van der Waals surface area contributed by atoms with E-state index in [1.54, 1.807) is 18.2 Å². The quantitative estimate of drug-likeness (QED) is 0.901. The molecule has 0 bridgehead atoms. The van der Waals surface area contributed by atoms with E-state index in [2.05, 4.69) is 15.9 Å². The second-order valence-electron chi connectivity index (χ2n) is 4.72. The van der Waals surface area contributed by atoms with Crippen LogP contribution in [0.2, 0.25) is 0 Å². The molecule has 0 spiro atoms. The third kappa shape index (κ3) is 2.98. The average Bonchev–Trinajstić information content (AvgIpc) is 2.21. The molecule has 1 aromatic rings. The minimum atomic E-state index is -3.52. The Morgan fingerprint density at radius 2 is 2.11 bits per heavy atom. The summed E-state index contributed by atoms with van der Waals surface area (Å²) in [4.78, 5) is 10.8. The lowest BCUT2D eigenvalue weighted by Crippen LogP contribution is -2.50. The molecule has 0 aliphatic carbocycles. The van der Waals surface area contributed by atoms with E-state index in [0.29, 0.717) is 4.47 Å². The minimum absolute atomic E-state index is 0.0150. The van der Waals surface area contributed by atoms with Gasteiger partial charge in [0.2, 0.25) is 10.0 Å². The first-order valence-electron chi connectivity index (χ1n) is 5.79. The van der Waals surface area contributed by atoms with Crippen LogP contribution in [0.1, 0.15) is 12.0 Å². The van der Waals surface area contributed by atoms with Crippen molar-refractivity contribution in [1.82, 2.24) is 4.31 Å². The summed E-state index contributed by atoms with van der Waals surface area (Å²) in [5.74, 6) is -0.977. The van der Waals surface area contributed by atoms with Gasteiger partial charge in [-0.3, -0.25) is 4.79 Å². The topological polar surface area (TPSA) is 74.7 Å². The Balaban J connectivity index is 2.14. The van der Waals surface area contributed by atoms with E-state index in [9.17, 15) is 13.2 Å². The average molecular weight is 348 g/mol. The minimum Gasteiger partial charge on any atom is -0.481 e. The first-order valence-corrected chi connectivity index (χ1v) is 8.02. The molecule has 1 aliphatic rings. The standard InChI is InChI=1S/C12H14BrNO4S/c1-8-2-3-11(10(13)4-8)19(17,18)14-6-9(7-14)5-12(15)16/h2-4,9H,5-7H2,1H3,(H,15,16). The van der Waals surface area contributed by atoms with Crippen LogP contribution >= 0.6 is 15.9 Å². The summed E-state index contributed by atoms with van der Waals surface area (Å²) in [6, 6.07) is 5.06. The van der Waals surface area contributed by atoms with Gasteiger partial charge >= 0.3 is 5.97 Å². The molecule has 104 valence electrons. The van der Waals surface area contributed by atoms with E-state index in [1.165, 1.54) is 4.31 Å². The zero-order valence-corrected chi connectivity index (χ0v) is 12.7. The van der Waals surface area contributed by atoms with Crippen molar-refractivity contribution in [3.63, 3.8) is 0 Å². The Morgan fingerprint density at radius 3 is 2.63 bits per heavy atom. The van der Waals surface area contributed by atoms with Crippen LogP contribution in [0, 0.1) is 12.8 Å². The zero-order valence-electron chi connectivity index (χ0n) is 10.3. The molecule has 0 amide bonds. The molecule has 0 atom stereocenters. The van der Waals surface area contributed by atoms with Crippen LogP contribution in [-0.4, -0.2) is 36.9 Å². The van der Waals surface area contributed by atoms with Gasteiger partial charge in [0.15, 0.2) is 0 Å². The van der Waals surface area contributed by atoms with Crippen molar-refractivity contribution in [3.05, 3.63) is 28.2 Å². The molecule has 0 aromatic heterocycles. The van der Waals surface area contributed by atoms with Gasteiger partial charge in [0.25, 0.3) is 0 Å². The van der Waals surface area contributed by atoms with Crippen LogP contribution < -0.4 is 0 Å². The number of carboxylic acids is 1. The van der Waals surface area contributed by atoms with Crippen molar-refractivity contribution in [3.8, 4) is 0 Å². The highest BCUT2D eigenvalue weighted by atomic mass is 79.9. The maximum Gasteiger partial charge on any atom is 0.303 e. The first kappa shape index (κ1) is 14.5. The normalized spacial score (nSPS) is 17.2. The maximum absolute atomic E-state index is 12.3. The van der Waals surface area contributed by atoms with E-state index in [4.69, 9.17) is 5.11 Å². The van der Waals surface area contributed by atoms with E-state index < -0.39 is 16.0 Å². The van der Waals surface area contributed by atoms with Crippen LogP contribution in [0.3, 0.4) is 0 Å². The van der Waals surface area contributed by atoms with Gasteiger partial charge in [-0.05, 0) is 46.5 Å². The van der Waals surface area contributed by atoms with Crippen molar-refractivity contribution in [2.45, 2.75) is 18.2 Å². The van der Waals surface area contributed by atoms with Gasteiger partial charge in [-0.15, -0.1) is 0 Å². The number of halogens is 1. The lowest BCUT2D eigenvalue weighted by molar-refractivity contribution is -0.139. The number of aryl methyl sites for hydroxylation is 1. The van der Waals surface area contributed by atoms with Gasteiger partial charge in [0.05, 0.1) is 11.3 Å². The Kier molecular flexibility index (Phi) is 3.98. The summed E-state index contributed by atoms with van der Waals surface area (Å²) in [6.07, 6.45) is 0.0150. The number of benzene rings is 1. The molecule has 2 rings (SSSR count). The molecule has 7 heteroatoms. The van der Waals surface area contributed by atoms with Gasteiger partial charge in [-0.25, -0.2) is 8.42 Å². The van der Waals surface area contributed by atoms with E-state index in [-0.39, 0.29) is 30.3 Å². The van der Waals surface area contributed by atoms with Gasteiger partial charge in [0, 0.05) is 17.6 Å². The summed E-state index contributed by atoms with van der Waals surface area (Å²) in [7, 11) is -3.52. The molecule has 0 radical (unpaired) electrons. The summed E-state index contributed by atoms with van der Waals surface area (Å²) in [6.45, 7) is 2.43. The van der Waals surface area contributed by atoms with Gasteiger partial charge < -0.3 is 5.11 Å². The molecule has 1 aromatic carbocycles. The molecule has 0 unspecified atom stereocenters. The molecule has 1 heterocycles. The molecule has 1 saturated heterocycles. The Morgan fingerprint density at radius 1 is 1.47 bits per heavy atom. The summed E-state index contributed by atoms with van der Waals surface area (Å²) >= 11 is 3.26. The van der Waals surface area contributed by atoms with Crippen molar-refractivity contribution in [1.29, 1.82) is 0 Å². The van der Waals surface area contributed by atoms with Crippen LogP contribution in [0.5, 0.6) is 0 Å². The first-order chi connectivity index (χ1) is 8.80. The summed E-state index contributed by atoms with van der Waals surface area (Å²) in [5.41, 5.74) is 0.971. The molecule has 0 saturated carbocycles. The number of carboxylic acid groups (broad SMARTS) is 1. The number of hydrogen-bond donors (Lipinski definition) is 1. The van der Waals surface area contributed by atoms with Crippen LogP contribution in [0.4, 0.5) is 0 Å². The second kappa shape index (κ2) is 5.22. The van der Waals surface area contributed by atoms with Crippen molar-refractivity contribution in [2.24, 2.45) is 5.92 Å². The van der Waals surface area contributed by atoms with Crippen LogP contribution in [0.25, 0.3) is 0 Å². The lowest BCUT2D eigenvalue weighted by Gasteiger charge is -2.37. The summed E-state index contributed by atoms with van der Waals surface area (Å²) < 4.78 is 26.5. The zero-order chi connectivity index (χ0) is 14.2. The summed E-state index contributed by atoms with van der Waals surface area (Å²) in [5, 5.41) is 8.65. The largest absolute Gasteiger partial charge is 0.481 e. The number of nitrogens with zero attached hydrogens (tertiary/aromatic N) is 1. The highest BCUT2D eigenvalue weighted by Crippen LogP contribution is 2.31. The number of sulfonamides is 1. The SMILES string of the molecule is Cc1ccc(S(=O)(=O)N2CC(CC(=O)O)C2)c(Br)c1. The number of aliphatic carboxylic acids is 1. The molecule has 5 nitrogen and oxygen atoms in total. The molecule has 1 N–H and O–H groups in total. The number of carbonyl (C=O) groups is 1. The molecular formula is C12H14BrNO4S. The molecular weight excluding hydrogens is 334 g/mol. The fourth-order valence-corrected chi connectivity index (χ4v) is 4.79. The Hall–Kier alpha value is -0.920. The fraction of sp³-hybridized carbons (Fsp3) is 0.417. The number of rotatable bonds is 4. The van der Waals surface area contributed by atoms with Gasteiger partial charge in [-0.2, -0.15) is 4.31 Å². The Bertz CT molecular complexity index is 608. The molecule has 1 fully saturated rings. The van der Waals surface area contributed by atoms with Gasteiger partial charge in [-0.1, -0.05) is 6.07 Å². The highest BCUT2D eigenvalue weighted by molar-refractivity contribution is 9.10. The van der Waals surface area contributed by atoms with E-state index in [1.807, 2.05) is 6.92 Å². The van der Waals surface area contributed by atoms with Crippen molar-refractivity contribution in [2.75, 3.05) is 13.1 Å². The predicted molar refractivity (Wildman–Crippen MR) is 73.4 cm³/mol. The van der Waals surface area contributed by atoms with E-state index >= 15 is 0 Å². The monoisotopic (exact) mass is 347 g/mol. The fourth-order valence-electron chi connectivity index (χ4n) is 2.05. The molecule has 19 heavy (non-hydrogen) atoms. The number of hydrogen-bond acceptors (Lipinski definition) is 3. The van der Waals surface area contributed by atoms with Gasteiger partial charge in [0.1, 0.15) is 0 Å². The Labute approximate surface area is 120 Å². The molecule has 1 aliphatic heterocycles. The van der Waals surface area contributed by atoms with Crippen LogP contribution in [0.15, 0.2) is 27.6 Å². The lowest BCUT2D eigenvalue weighted by atomic mass is 10.00. The predicted octanol–water partition coefficient (Wildman–Crippen LogP) is 1.85. The third-order valence-electron chi connectivity index (χ3n) is 3.09. The maximum atomic E-state index is 12.3. The van der Waals surface area contributed by atoms with Crippen molar-refractivity contribution < 1.29 is 18.3 Å². The second-order valence-corrected chi connectivity index (χ2v) is 7.48. The third-order valence-corrected chi connectivity index (χ3v) is 5.90. The van der Waals surface area contributed by atoms with Crippen molar-refractivity contribution >= 4 is 31.9 Å². The van der Waals surface area contributed by atoms with E-state index in [0.717, 1.165) is 5.56 Å². The van der Waals surface area contributed by atoms with Crippen LogP contribution in [-0.2, 0) is 14.8 Å².